The van der Waals surface area contributed by atoms with Crippen LogP contribution in [-0.2, 0) is 6.61 Å². The van der Waals surface area contributed by atoms with Crippen LogP contribution in [-0.4, -0.2) is 11.1 Å². The van der Waals surface area contributed by atoms with E-state index in [2.05, 4.69) is 10.5 Å². The van der Waals surface area contributed by atoms with E-state index >= 15 is 0 Å². The van der Waals surface area contributed by atoms with Gasteiger partial charge in [0, 0.05) is 11.3 Å². The second-order valence-electron chi connectivity index (χ2n) is 6.34. The van der Waals surface area contributed by atoms with E-state index in [-0.39, 0.29) is 5.91 Å². The summed E-state index contributed by atoms with van der Waals surface area (Å²) in [4.78, 5) is 12.6. The first-order valence-electron chi connectivity index (χ1n) is 8.48. The molecule has 0 fully saturated rings. The van der Waals surface area contributed by atoms with Crippen LogP contribution in [0, 0.1) is 27.7 Å². The van der Waals surface area contributed by atoms with Gasteiger partial charge in [-0.3, -0.25) is 4.79 Å². The number of nitrogens with one attached hydrogen (secondary N) is 1. The average molecular weight is 350 g/mol. The minimum absolute atomic E-state index is 0.162. The first-order chi connectivity index (χ1) is 12.5. The summed E-state index contributed by atoms with van der Waals surface area (Å²) in [6.45, 7) is 8.04. The van der Waals surface area contributed by atoms with Gasteiger partial charge in [0.05, 0.1) is 11.3 Å². The maximum atomic E-state index is 12.6. The first kappa shape index (κ1) is 17.7. The van der Waals surface area contributed by atoms with Crippen molar-refractivity contribution in [3.05, 3.63) is 76.2 Å². The van der Waals surface area contributed by atoms with Gasteiger partial charge in [-0.05, 0) is 57.0 Å². The Hall–Kier alpha value is -3.08. The van der Waals surface area contributed by atoms with E-state index in [4.69, 9.17) is 9.26 Å². The molecule has 0 aliphatic heterocycles. The molecule has 2 aromatic carbocycles. The molecule has 0 aliphatic rings. The van der Waals surface area contributed by atoms with Crippen LogP contribution in [0.3, 0.4) is 0 Å². The monoisotopic (exact) mass is 350 g/mol. The van der Waals surface area contributed by atoms with Crippen LogP contribution < -0.4 is 10.1 Å². The zero-order chi connectivity index (χ0) is 18.7. The Balaban J connectivity index is 1.73. The van der Waals surface area contributed by atoms with Crippen molar-refractivity contribution in [2.45, 2.75) is 34.3 Å². The molecule has 0 spiro atoms. The minimum Gasteiger partial charge on any atom is -0.489 e. The summed E-state index contributed by atoms with van der Waals surface area (Å²) in [7, 11) is 0. The number of para-hydroxylation sites is 1. The van der Waals surface area contributed by atoms with Crippen molar-refractivity contribution in [2.75, 3.05) is 5.32 Å². The predicted octanol–water partition coefficient (Wildman–Crippen LogP) is 4.74. The maximum absolute atomic E-state index is 12.6. The summed E-state index contributed by atoms with van der Waals surface area (Å²) in [5, 5.41) is 6.91. The third-order valence-electron chi connectivity index (χ3n) is 4.38. The Bertz CT molecular complexity index is 904. The van der Waals surface area contributed by atoms with Crippen molar-refractivity contribution < 1.29 is 14.1 Å². The molecule has 0 unspecified atom stereocenters. The van der Waals surface area contributed by atoms with Crippen molar-refractivity contribution in [1.82, 2.24) is 5.16 Å². The van der Waals surface area contributed by atoms with Gasteiger partial charge in [0.15, 0.2) is 0 Å². The quantitative estimate of drug-likeness (QED) is 0.722. The van der Waals surface area contributed by atoms with Crippen LogP contribution in [0.25, 0.3) is 0 Å². The second-order valence-corrected chi connectivity index (χ2v) is 6.34. The number of hydrogen-bond acceptors (Lipinski definition) is 4. The van der Waals surface area contributed by atoms with Crippen molar-refractivity contribution in [1.29, 1.82) is 0 Å². The predicted molar refractivity (Wildman–Crippen MR) is 101 cm³/mol. The normalized spacial score (nSPS) is 10.6. The van der Waals surface area contributed by atoms with Crippen LogP contribution in [0.1, 0.15) is 38.5 Å². The summed E-state index contributed by atoms with van der Waals surface area (Å²) in [6.07, 6.45) is 0. The van der Waals surface area contributed by atoms with Crippen LogP contribution in [0.4, 0.5) is 5.69 Å². The van der Waals surface area contributed by atoms with Gasteiger partial charge in [0.2, 0.25) is 0 Å². The molecule has 0 saturated carbocycles. The third kappa shape index (κ3) is 3.77. The largest absolute Gasteiger partial charge is 0.489 e. The highest BCUT2D eigenvalue weighted by atomic mass is 16.5. The summed E-state index contributed by atoms with van der Waals surface area (Å²) >= 11 is 0. The molecule has 1 aromatic heterocycles. The Kier molecular flexibility index (Phi) is 5.07. The van der Waals surface area contributed by atoms with E-state index < -0.39 is 0 Å². The van der Waals surface area contributed by atoms with Crippen LogP contribution >= 0.6 is 0 Å². The molecule has 3 aromatic rings. The standard InChI is InChI=1S/C21H22N2O3/c1-13-7-5-8-14(2)20(13)22-21(24)17-9-6-10-18(11-17)25-12-19-15(3)23-26-16(19)4/h5-11H,12H2,1-4H3,(H,22,24). The molecule has 0 atom stereocenters. The topological polar surface area (TPSA) is 64.4 Å². The average Bonchev–Trinajstić information content (AvgIpc) is 2.94. The SMILES string of the molecule is Cc1cccc(C)c1NC(=O)c1cccc(OCc2c(C)noc2C)c1. The number of benzene rings is 2. The molecule has 5 heteroatoms. The summed E-state index contributed by atoms with van der Waals surface area (Å²) in [5.74, 6) is 1.20. The highest BCUT2D eigenvalue weighted by Crippen LogP contribution is 2.22. The molecule has 5 nitrogen and oxygen atoms in total. The molecule has 0 radical (unpaired) electrons. The van der Waals surface area contributed by atoms with Crippen molar-refractivity contribution in [3.8, 4) is 5.75 Å². The van der Waals surface area contributed by atoms with Gasteiger partial charge < -0.3 is 14.6 Å². The van der Waals surface area contributed by atoms with Crippen molar-refractivity contribution in [3.63, 3.8) is 0 Å². The highest BCUT2D eigenvalue weighted by molar-refractivity contribution is 6.05. The van der Waals surface area contributed by atoms with E-state index in [0.29, 0.717) is 17.9 Å². The molecule has 1 heterocycles. The van der Waals surface area contributed by atoms with Gasteiger partial charge in [-0.25, -0.2) is 0 Å². The molecule has 134 valence electrons. The fraction of sp³-hybridized carbons (Fsp3) is 0.238. The molecule has 3 rings (SSSR count). The number of carbonyl (C=O) groups excluding carboxylic acids is 1. The Labute approximate surface area is 153 Å². The lowest BCUT2D eigenvalue weighted by Crippen LogP contribution is -2.14. The van der Waals surface area contributed by atoms with Gasteiger partial charge in [-0.15, -0.1) is 0 Å². The smallest absolute Gasteiger partial charge is 0.255 e. The number of aromatic nitrogens is 1. The van der Waals surface area contributed by atoms with Gasteiger partial charge in [-0.1, -0.05) is 29.4 Å². The summed E-state index contributed by atoms with van der Waals surface area (Å²) < 4.78 is 11.0. The van der Waals surface area contributed by atoms with Gasteiger partial charge >= 0.3 is 0 Å². The van der Waals surface area contributed by atoms with Crippen molar-refractivity contribution in [2.24, 2.45) is 0 Å². The molecule has 0 bridgehead atoms. The Morgan fingerprint density at radius 2 is 1.77 bits per heavy atom. The van der Waals surface area contributed by atoms with E-state index in [1.165, 1.54) is 0 Å². The summed E-state index contributed by atoms with van der Waals surface area (Å²) in [6, 6.07) is 13.1. The molecule has 26 heavy (non-hydrogen) atoms. The van der Waals surface area contributed by atoms with Crippen LogP contribution in [0.2, 0.25) is 0 Å². The number of rotatable bonds is 5. The third-order valence-corrected chi connectivity index (χ3v) is 4.38. The minimum atomic E-state index is -0.162. The van der Waals surface area contributed by atoms with Crippen LogP contribution in [0.5, 0.6) is 5.75 Å². The van der Waals surface area contributed by atoms with Gasteiger partial charge in [0.25, 0.3) is 5.91 Å². The molecular weight excluding hydrogens is 328 g/mol. The highest BCUT2D eigenvalue weighted by Gasteiger charge is 2.12. The number of carbonyl (C=O) groups is 1. The lowest BCUT2D eigenvalue weighted by atomic mass is 10.1. The molecule has 1 amide bonds. The van der Waals surface area contributed by atoms with E-state index in [0.717, 1.165) is 33.8 Å². The molecular formula is C21H22N2O3. The summed E-state index contributed by atoms with van der Waals surface area (Å²) in [5.41, 5.74) is 5.19. The number of aryl methyl sites for hydroxylation is 4. The molecule has 0 saturated heterocycles. The van der Waals surface area contributed by atoms with E-state index in [9.17, 15) is 4.79 Å². The van der Waals surface area contributed by atoms with Crippen molar-refractivity contribution >= 4 is 11.6 Å². The number of nitrogens with zero attached hydrogens (tertiary/aromatic N) is 1. The fourth-order valence-corrected chi connectivity index (χ4v) is 2.79. The number of amides is 1. The molecule has 1 N–H and O–H groups in total. The van der Waals surface area contributed by atoms with Gasteiger partial charge in [0.1, 0.15) is 18.1 Å². The van der Waals surface area contributed by atoms with E-state index in [1.807, 2.05) is 58.0 Å². The van der Waals surface area contributed by atoms with E-state index in [1.54, 1.807) is 12.1 Å². The Morgan fingerprint density at radius 3 is 2.42 bits per heavy atom. The second kappa shape index (κ2) is 7.44. The fourth-order valence-electron chi connectivity index (χ4n) is 2.79. The first-order valence-corrected chi connectivity index (χ1v) is 8.48. The lowest BCUT2D eigenvalue weighted by Gasteiger charge is -2.12. The maximum Gasteiger partial charge on any atom is 0.255 e. The Morgan fingerprint density at radius 1 is 1.08 bits per heavy atom. The number of ether oxygens (including phenoxy) is 1. The zero-order valence-electron chi connectivity index (χ0n) is 15.4. The number of hydrogen-bond donors (Lipinski definition) is 1. The number of anilines is 1. The van der Waals surface area contributed by atoms with Gasteiger partial charge in [-0.2, -0.15) is 0 Å². The van der Waals surface area contributed by atoms with Crippen LogP contribution in [0.15, 0.2) is 47.0 Å². The lowest BCUT2D eigenvalue weighted by molar-refractivity contribution is 0.102. The molecule has 0 aliphatic carbocycles. The zero-order valence-corrected chi connectivity index (χ0v) is 15.4.